The Bertz CT molecular complexity index is 659. The van der Waals surface area contributed by atoms with E-state index in [1.807, 2.05) is 18.3 Å². The molecule has 1 fully saturated rings. The largest absolute Gasteiger partial charge is 0.367 e. The van der Waals surface area contributed by atoms with Crippen LogP contribution in [0, 0.1) is 0 Å². The van der Waals surface area contributed by atoms with Crippen LogP contribution in [0.25, 0.3) is 11.0 Å². The molecule has 0 bridgehead atoms. The molecule has 0 radical (unpaired) electrons. The van der Waals surface area contributed by atoms with Crippen molar-refractivity contribution in [1.82, 2.24) is 19.9 Å². The number of allylic oxidation sites excluding steroid dienone is 1. The van der Waals surface area contributed by atoms with Gasteiger partial charge in [0.25, 0.3) is 0 Å². The highest BCUT2D eigenvalue weighted by Crippen LogP contribution is 2.25. The van der Waals surface area contributed by atoms with E-state index in [4.69, 9.17) is 0 Å². The van der Waals surface area contributed by atoms with E-state index in [9.17, 15) is 0 Å². The highest BCUT2D eigenvalue weighted by Gasteiger charge is 2.26. The van der Waals surface area contributed by atoms with Crippen molar-refractivity contribution in [3.8, 4) is 0 Å². The quantitative estimate of drug-likeness (QED) is 0.847. The SMILES string of the molecule is C=CC(=C)N1C[C@H](Nc2ncnc3[nH]ccc23)CC[C@@H]1C. The van der Waals surface area contributed by atoms with Gasteiger partial charge in [0.15, 0.2) is 0 Å². The summed E-state index contributed by atoms with van der Waals surface area (Å²) in [4.78, 5) is 14.0. The van der Waals surface area contributed by atoms with Gasteiger partial charge in [-0.15, -0.1) is 0 Å². The number of rotatable bonds is 4. The molecule has 5 nitrogen and oxygen atoms in total. The number of likely N-dealkylation sites (tertiary alicyclic amines) is 1. The lowest BCUT2D eigenvalue weighted by Gasteiger charge is -2.40. The highest BCUT2D eigenvalue weighted by atomic mass is 15.2. The summed E-state index contributed by atoms with van der Waals surface area (Å²) >= 11 is 0. The Labute approximate surface area is 124 Å². The molecule has 0 aliphatic carbocycles. The maximum Gasteiger partial charge on any atom is 0.142 e. The van der Waals surface area contributed by atoms with Crippen molar-refractivity contribution in [1.29, 1.82) is 0 Å². The third kappa shape index (κ3) is 2.63. The maximum absolute atomic E-state index is 4.38. The van der Waals surface area contributed by atoms with Crippen molar-refractivity contribution < 1.29 is 0 Å². The van der Waals surface area contributed by atoms with Gasteiger partial charge in [-0.25, -0.2) is 9.97 Å². The Balaban J connectivity index is 1.77. The van der Waals surface area contributed by atoms with Gasteiger partial charge in [0.1, 0.15) is 17.8 Å². The van der Waals surface area contributed by atoms with Crippen LogP contribution in [0.1, 0.15) is 19.8 Å². The molecular formula is C16H21N5. The molecule has 0 spiro atoms. The maximum atomic E-state index is 4.38. The van der Waals surface area contributed by atoms with Crippen LogP contribution in [-0.2, 0) is 0 Å². The second-order valence-corrected chi connectivity index (χ2v) is 5.58. The summed E-state index contributed by atoms with van der Waals surface area (Å²) < 4.78 is 0. The summed E-state index contributed by atoms with van der Waals surface area (Å²) in [5, 5.41) is 4.58. The van der Waals surface area contributed by atoms with Crippen LogP contribution in [-0.4, -0.2) is 38.5 Å². The van der Waals surface area contributed by atoms with E-state index in [1.54, 1.807) is 6.33 Å². The third-order valence-corrected chi connectivity index (χ3v) is 4.18. The number of aromatic nitrogens is 3. The molecule has 0 aromatic carbocycles. The predicted octanol–water partition coefficient (Wildman–Crippen LogP) is 2.92. The number of hydrogen-bond donors (Lipinski definition) is 2. The first-order valence-electron chi connectivity index (χ1n) is 7.31. The second-order valence-electron chi connectivity index (χ2n) is 5.58. The minimum atomic E-state index is 0.353. The number of anilines is 1. The van der Waals surface area contributed by atoms with E-state index in [0.29, 0.717) is 12.1 Å². The summed E-state index contributed by atoms with van der Waals surface area (Å²) in [6, 6.07) is 2.86. The van der Waals surface area contributed by atoms with Crippen LogP contribution in [0.4, 0.5) is 5.82 Å². The van der Waals surface area contributed by atoms with E-state index >= 15 is 0 Å². The third-order valence-electron chi connectivity index (χ3n) is 4.18. The number of H-pyrrole nitrogens is 1. The Morgan fingerprint density at radius 3 is 3.14 bits per heavy atom. The molecule has 1 aliphatic heterocycles. The van der Waals surface area contributed by atoms with Gasteiger partial charge in [0.05, 0.1) is 5.39 Å². The molecule has 0 unspecified atom stereocenters. The minimum absolute atomic E-state index is 0.353. The fraction of sp³-hybridized carbons (Fsp3) is 0.375. The monoisotopic (exact) mass is 283 g/mol. The zero-order valence-corrected chi connectivity index (χ0v) is 12.3. The molecule has 3 rings (SSSR count). The first kappa shape index (κ1) is 13.7. The van der Waals surface area contributed by atoms with Gasteiger partial charge < -0.3 is 15.2 Å². The molecule has 1 aliphatic rings. The van der Waals surface area contributed by atoms with Crippen molar-refractivity contribution in [2.45, 2.75) is 31.8 Å². The first-order chi connectivity index (χ1) is 10.2. The Morgan fingerprint density at radius 1 is 1.48 bits per heavy atom. The minimum Gasteiger partial charge on any atom is -0.367 e. The van der Waals surface area contributed by atoms with Gasteiger partial charge in [0.2, 0.25) is 0 Å². The summed E-state index contributed by atoms with van der Waals surface area (Å²) in [5.74, 6) is 0.893. The lowest BCUT2D eigenvalue weighted by atomic mass is 9.98. The molecule has 3 heterocycles. The van der Waals surface area contributed by atoms with Crippen molar-refractivity contribution in [2.75, 3.05) is 11.9 Å². The van der Waals surface area contributed by atoms with Crippen molar-refractivity contribution in [3.63, 3.8) is 0 Å². The molecule has 2 aromatic rings. The number of nitrogens with one attached hydrogen (secondary N) is 2. The average molecular weight is 283 g/mol. The van der Waals surface area contributed by atoms with Crippen molar-refractivity contribution >= 4 is 16.9 Å². The molecule has 21 heavy (non-hydrogen) atoms. The highest BCUT2D eigenvalue weighted by molar-refractivity contribution is 5.86. The van der Waals surface area contributed by atoms with Gasteiger partial charge in [-0.1, -0.05) is 13.2 Å². The van der Waals surface area contributed by atoms with E-state index in [-0.39, 0.29) is 0 Å². The van der Waals surface area contributed by atoms with E-state index in [0.717, 1.165) is 41.9 Å². The zero-order valence-electron chi connectivity index (χ0n) is 12.3. The Hall–Kier alpha value is -2.30. The van der Waals surface area contributed by atoms with Crippen LogP contribution in [0.2, 0.25) is 0 Å². The number of nitrogens with zero attached hydrogens (tertiary/aromatic N) is 3. The average Bonchev–Trinajstić information content (AvgIpc) is 2.98. The van der Waals surface area contributed by atoms with Crippen LogP contribution < -0.4 is 5.32 Å². The normalized spacial score (nSPS) is 22.2. The van der Waals surface area contributed by atoms with E-state index < -0.39 is 0 Å². The summed E-state index contributed by atoms with van der Waals surface area (Å²) in [5.41, 5.74) is 1.85. The standard InChI is InChI=1S/C16H21N5/c1-4-11(2)21-9-13(6-5-12(21)3)20-16-14-7-8-17-15(14)18-10-19-16/h4,7-8,10,12-13H,1-2,5-6,9H2,3H3,(H2,17,18,19,20)/t12-,13+/m0/s1. The lowest BCUT2D eigenvalue weighted by Crippen LogP contribution is -2.45. The smallest absolute Gasteiger partial charge is 0.142 e. The van der Waals surface area contributed by atoms with E-state index in [2.05, 4.69) is 45.3 Å². The zero-order chi connectivity index (χ0) is 14.8. The topological polar surface area (TPSA) is 56.8 Å². The van der Waals surface area contributed by atoms with Crippen LogP contribution in [0.15, 0.2) is 43.5 Å². The predicted molar refractivity (Wildman–Crippen MR) is 86.0 cm³/mol. The summed E-state index contributed by atoms with van der Waals surface area (Å²) in [6.07, 6.45) is 7.56. The number of hydrogen-bond acceptors (Lipinski definition) is 4. The molecule has 5 heteroatoms. The van der Waals surface area contributed by atoms with Gasteiger partial charge in [-0.3, -0.25) is 0 Å². The number of piperidine rings is 1. The van der Waals surface area contributed by atoms with Crippen LogP contribution >= 0.6 is 0 Å². The second kappa shape index (κ2) is 5.60. The van der Waals surface area contributed by atoms with Gasteiger partial charge >= 0.3 is 0 Å². The first-order valence-corrected chi connectivity index (χ1v) is 7.31. The molecule has 0 amide bonds. The lowest BCUT2D eigenvalue weighted by molar-refractivity contribution is 0.203. The molecular weight excluding hydrogens is 262 g/mol. The van der Waals surface area contributed by atoms with Crippen molar-refractivity contribution in [2.24, 2.45) is 0 Å². The molecule has 2 atom stereocenters. The van der Waals surface area contributed by atoms with Gasteiger partial charge in [0, 0.05) is 30.5 Å². The fourth-order valence-corrected chi connectivity index (χ4v) is 2.92. The Morgan fingerprint density at radius 2 is 2.33 bits per heavy atom. The van der Waals surface area contributed by atoms with Crippen LogP contribution in [0.5, 0.6) is 0 Å². The molecule has 2 aromatic heterocycles. The molecule has 110 valence electrons. The number of aromatic amines is 1. The van der Waals surface area contributed by atoms with Crippen molar-refractivity contribution in [3.05, 3.63) is 43.5 Å². The molecule has 1 saturated heterocycles. The van der Waals surface area contributed by atoms with E-state index in [1.165, 1.54) is 0 Å². The fourth-order valence-electron chi connectivity index (χ4n) is 2.92. The van der Waals surface area contributed by atoms with Gasteiger partial charge in [-0.05, 0) is 31.9 Å². The molecule has 0 saturated carbocycles. The summed E-state index contributed by atoms with van der Waals surface area (Å²) in [7, 11) is 0. The summed E-state index contributed by atoms with van der Waals surface area (Å²) in [6.45, 7) is 11.1. The van der Waals surface area contributed by atoms with Gasteiger partial charge in [-0.2, -0.15) is 0 Å². The Kier molecular flexibility index (Phi) is 3.64. The molecule has 2 N–H and O–H groups in total. The number of fused-ring (bicyclic) bond motifs is 1. The van der Waals surface area contributed by atoms with Crippen LogP contribution in [0.3, 0.4) is 0 Å².